The van der Waals surface area contributed by atoms with Gasteiger partial charge < -0.3 is 9.80 Å². The normalized spacial score (nSPS) is 21.4. The smallest absolute Gasteiger partial charge is 0.240 e. The monoisotopic (exact) mass is 405 g/mol. The van der Waals surface area contributed by atoms with Gasteiger partial charge in [-0.3, -0.25) is 9.69 Å². The van der Waals surface area contributed by atoms with Crippen LogP contribution in [0, 0.1) is 0 Å². The summed E-state index contributed by atoms with van der Waals surface area (Å²) >= 11 is 0. The molecule has 0 saturated carbocycles. The number of carbonyl (C=O) groups excluding carboxylic acids is 1. The molecule has 30 heavy (non-hydrogen) atoms. The van der Waals surface area contributed by atoms with Crippen LogP contribution in [0.5, 0.6) is 0 Å². The molecule has 2 aliphatic rings. The van der Waals surface area contributed by atoms with Crippen LogP contribution >= 0.6 is 0 Å². The molecule has 4 nitrogen and oxygen atoms in total. The van der Waals surface area contributed by atoms with Crippen LogP contribution in [0.25, 0.3) is 0 Å². The Morgan fingerprint density at radius 3 is 2.30 bits per heavy atom. The first-order valence-corrected chi connectivity index (χ1v) is 11.5. The first-order valence-electron chi connectivity index (χ1n) is 11.5. The number of likely N-dealkylation sites (tertiary alicyclic amines) is 2. The van der Waals surface area contributed by atoms with Crippen LogP contribution in [0.4, 0.5) is 0 Å². The number of benzene rings is 2. The van der Waals surface area contributed by atoms with Gasteiger partial charge in [0.2, 0.25) is 5.91 Å². The van der Waals surface area contributed by atoms with Gasteiger partial charge in [-0.05, 0) is 56.4 Å². The Hall–Kier alpha value is -2.17. The highest BCUT2D eigenvalue weighted by Gasteiger charge is 2.35. The van der Waals surface area contributed by atoms with E-state index in [1.807, 2.05) is 11.9 Å². The van der Waals surface area contributed by atoms with Crippen molar-refractivity contribution in [2.45, 2.75) is 50.7 Å². The average Bonchev–Trinajstić information content (AvgIpc) is 3.26. The third-order valence-corrected chi connectivity index (χ3v) is 6.76. The Balaban J connectivity index is 1.49. The van der Waals surface area contributed by atoms with Crippen LogP contribution < -0.4 is 0 Å². The van der Waals surface area contributed by atoms with Gasteiger partial charge in [0.1, 0.15) is 0 Å². The van der Waals surface area contributed by atoms with E-state index in [0.717, 1.165) is 45.6 Å². The Kier molecular flexibility index (Phi) is 7.19. The quantitative estimate of drug-likeness (QED) is 0.686. The largest absolute Gasteiger partial charge is 0.336 e. The Bertz CT molecular complexity index is 788. The van der Waals surface area contributed by atoms with Crippen LogP contribution in [-0.4, -0.2) is 59.9 Å². The minimum absolute atomic E-state index is 0.0113. The van der Waals surface area contributed by atoms with Gasteiger partial charge >= 0.3 is 0 Å². The molecule has 2 aromatic rings. The number of nitrogens with zero attached hydrogens (tertiary/aromatic N) is 3. The van der Waals surface area contributed by atoms with Crippen LogP contribution in [0.2, 0.25) is 0 Å². The van der Waals surface area contributed by atoms with Crippen LogP contribution in [0.1, 0.15) is 49.3 Å². The zero-order valence-electron chi connectivity index (χ0n) is 18.2. The fourth-order valence-electron chi connectivity index (χ4n) is 5.01. The molecule has 0 spiro atoms. The van der Waals surface area contributed by atoms with Crippen molar-refractivity contribution in [1.82, 2.24) is 14.7 Å². The molecule has 0 aromatic heterocycles. The highest BCUT2D eigenvalue weighted by Crippen LogP contribution is 2.27. The molecular formula is C26H35N3O. The summed E-state index contributed by atoms with van der Waals surface area (Å²) in [6.45, 7) is 5.08. The zero-order chi connectivity index (χ0) is 20.8. The van der Waals surface area contributed by atoms with Gasteiger partial charge in [0.05, 0.1) is 12.1 Å². The standard InChI is InChI=1S/C26H35N3O/c1-27(25(23-14-7-3-8-15-23)21-28-17-9-4-10-18-28)26(30)24-16-11-19-29(24)20-22-12-5-2-6-13-22/h2-3,5-8,12-15,24-25H,4,9-11,16-21H2,1H3/t24?,25-/m0/s1. The van der Waals surface area contributed by atoms with Crippen molar-refractivity contribution in [2.24, 2.45) is 0 Å². The van der Waals surface area contributed by atoms with E-state index in [4.69, 9.17) is 0 Å². The second-order valence-corrected chi connectivity index (χ2v) is 8.85. The molecule has 2 heterocycles. The highest BCUT2D eigenvalue weighted by molar-refractivity contribution is 5.82. The lowest BCUT2D eigenvalue weighted by Crippen LogP contribution is -2.48. The van der Waals surface area contributed by atoms with Crippen molar-refractivity contribution in [2.75, 3.05) is 33.2 Å². The molecule has 160 valence electrons. The van der Waals surface area contributed by atoms with Crippen molar-refractivity contribution in [3.63, 3.8) is 0 Å². The number of rotatable bonds is 7. The molecule has 0 aliphatic carbocycles. The lowest BCUT2D eigenvalue weighted by Gasteiger charge is -2.37. The predicted molar refractivity (Wildman–Crippen MR) is 122 cm³/mol. The van der Waals surface area contributed by atoms with Gasteiger partial charge in [-0.1, -0.05) is 67.1 Å². The maximum Gasteiger partial charge on any atom is 0.240 e. The summed E-state index contributed by atoms with van der Waals surface area (Å²) in [5, 5.41) is 0. The zero-order valence-corrected chi connectivity index (χ0v) is 18.2. The molecule has 1 amide bonds. The SMILES string of the molecule is CN(C(=O)C1CCCN1Cc1ccccc1)[C@@H](CN1CCCCC1)c1ccccc1. The van der Waals surface area contributed by atoms with Crippen LogP contribution in [-0.2, 0) is 11.3 Å². The van der Waals surface area contributed by atoms with Crippen molar-refractivity contribution in [3.8, 4) is 0 Å². The summed E-state index contributed by atoms with van der Waals surface area (Å²) in [5.41, 5.74) is 2.53. The van der Waals surface area contributed by atoms with E-state index in [2.05, 4.69) is 70.5 Å². The van der Waals surface area contributed by atoms with Crippen LogP contribution in [0.15, 0.2) is 60.7 Å². The van der Waals surface area contributed by atoms with E-state index in [1.54, 1.807) is 0 Å². The minimum atomic E-state index is -0.0113. The first kappa shape index (κ1) is 21.1. The van der Waals surface area contributed by atoms with E-state index >= 15 is 0 Å². The van der Waals surface area contributed by atoms with Crippen molar-refractivity contribution < 1.29 is 4.79 Å². The van der Waals surface area contributed by atoms with E-state index in [9.17, 15) is 4.79 Å². The molecule has 2 saturated heterocycles. The second-order valence-electron chi connectivity index (χ2n) is 8.85. The van der Waals surface area contributed by atoms with E-state index in [-0.39, 0.29) is 18.0 Å². The van der Waals surface area contributed by atoms with Gasteiger partial charge in [0.25, 0.3) is 0 Å². The second kappa shape index (κ2) is 10.2. The van der Waals surface area contributed by atoms with Gasteiger partial charge in [-0.25, -0.2) is 0 Å². The summed E-state index contributed by atoms with van der Waals surface area (Å²) in [5.74, 6) is 0.272. The van der Waals surface area contributed by atoms with Gasteiger partial charge in [-0.15, -0.1) is 0 Å². The van der Waals surface area contributed by atoms with Crippen molar-refractivity contribution in [1.29, 1.82) is 0 Å². The third-order valence-electron chi connectivity index (χ3n) is 6.76. The van der Waals surface area contributed by atoms with Gasteiger partial charge in [-0.2, -0.15) is 0 Å². The molecule has 0 N–H and O–H groups in total. The number of piperidine rings is 1. The molecule has 2 atom stereocenters. The number of carbonyl (C=O) groups is 1. The summed E-state index contributed by atoms with van der Waals surface area (Å²) in [7, 11) is 2.02. The summed E-state index contributed by atoms with van der Waals surface area (Å²) in [6, 6.07) is 21.2. The molecule has 4 rings (SSSR count). The fourth-order valence-corrected chi connectivity index (χ4v) is 5.01. The molecular weight excluding hydrogens is 370 g/mol. The predicted octanol–water partition coefficient (Wildman–Crippen LogP) is 4.34. The molecule has 0 radical (unpaired) electrons. The molecule has 2 fully saturated rings. The summed E-state index contributed by atoms with van der Waals surface area (Å²) in [4.78, 5) is 20.6. The number of likely N-dealkylation sites (N-methyl/N-ethyl adjacent to an activating group) is 1. The van der Waals surface area contributed by atoms with E-state index < -0.39 is 0 Å². The maximum absolute atomic E-state index is 13.7. The average molecular weight is 406 g/mol. The molecule has 0 bridgehead atoms. The Morgan fingerprint density at radius 2 is 1.60 bits per heavy atom. The van der Waals surface area contributed by atoms with Crippen LogP contribution in [0.3, 0.4) is 0 Å². The number of amides is 1. The van der Waals surface area contributed by atoms with Gasteiger partial charge in [0.15, 0.2) is 0 Å². The van der Waals surface area contributed by atoms with Crippen molar-refractivity contribution >= 4 is 5.91 Å². The molecule has 2 aromatic carbocycles. The van der Waals surface area contributed by atoms with Crippen molar-refractivity contribution in [3.05, 3.63) is 71.8 Å². The number of hydrogen-bond acceptors (Lipinski definition) is 3. The molecule has 2 aliphatic heterocycles. The number of hydrogen-bond donors (Lipinski definition) is 0. The summed E-state index contributed by atoms with van der Waals surface area (Å²) < 4.78 is 0. The minimum Gasteiger partial charge on any atom is -0.336 e. The maximum atomic E-state index is 13.7. The molecule has 4 heteroatoms. The topological polar surface area (TPSA) is 26.8 Å². The van der Waals surface area contributed by atoms with Gasteiger partial charge in [0, 0.05) is 20.1 Å². The lowest BCUT2D eigenvalue weighted by molar-refractivity contribution is -0.137. The highest BCUT2D eigenvalue weighted by atomic mass is 16.2. The summed E-state index contributed by atoms with van der Waals surface area (Å²) in [6.07, 6.45) is 5.93. The van der Waals surface area contributed by atoms with E-state index in [1.165, 1.54) is 30.4 Å². The first-order chi connectivity index (χ1) is 14.7. The van der Waals surface area contributed by atoms with E-state index in [0.29, 0.717) is 0 Å². The Labute approximate surface area is 181 Å². The Morgan fingerprint density at radius 1 is 0.933 bits per heavy atom. The lowest BCUT2D eigenvalue weighted by atomic mass is 10.0. The third kappa shape index (κ3) is 5.11. The molecule has 1 unspecified atom stereocenters. The fraction of sp³-hybridized carbons (Fsp3) is 0.500.